The maximum Gasteiger partial charge on any atom is 0.266 e. The first-order chi connectivity index (χ1) is 13.0. The number of rotatable bonds is 7. The molecule has 0 aliphatic carbocycles. The summed E-state index contributed by atoms with van der Waals surface area (Å²) < 4.78 is 6.10. The van der Waals surface area contributed by atoms with Gasteiger partial charge < -0.3 is 14.6 Å². The maximum absolute atomic E-state index is 12.4. The summed E-state index contributed by atoms with van der Waals surface area (Å²) in [5.41, 5.74) is 1.92. The fourth-order valence-electron chi connectivity index (χ4n) is 2.45. The van der Waals surface area contributed by atoms with Gasteiger partial charge in [-0.3, -0.25) is 9.69 Å². The van der Waals surface area contributed by atoms with E-state index >= 15 is 0 Å². The predicted octanol–water partition coefficient (Wildman–Crippen LogP) is 2.61. The Kier molecular flexibility index (Phi) is 6.26. The largest absolute Gasteiger partial charge is 0.550 e. The second-order valence-electron chi connectivity index (χ2n) is 5.80. The average molecular weight is 398 g/mol. The number of aliphatic carboxylic acids is 1. The van der Waals surface area contributed by atoms with Crippen LogP contribution in [0.3, 0.4) is 0 Å². The van der Waals surface area contributed by atoms with Crippen molar-refractivity contribution in [2.75, 3.05) is 6.54 Å². The molecule has 0 saturated carbocycles. The average Bonchev–Trinajstić information content (AvgIpc) is 2.93. The number of carbonyl (C=O) groups is 2. The Hall–Kier alpha value is -2.64. The molecule has 0 radical (unpaired) electrons. The first-order valence-corrected chi connectivity index (χ1v) is 9.47. The zero-order valence-corrected chi connectivity index (χ0v) is 15.9. The Morgan fingerprint density at radius 2 is 1.85 bits per heavy atom. The number of carboxylic acid groups (broad SMARTS) is 1. The molecule has 1 fully saturated rings. The van der Waals surface area contributed by atoms with Crippen LogP contribution in [-0.2, 0) is 16.2 Å². The smallest absolute Gasteiger partial charge is 0.266 e. The minimum Gasteiger partial charge on any atom is -0.550 e. The van der Waals surface area contributed by atoms with Gasteiger partial charge in [-0.05, 0) is 29.3 Å². The number of amides is 1. The van der Waals surface area contributed by atoms with E-state index in [-0.39, 0.29) is 18.9 Å². The van der Waals surface area contributed by atoms with Gasteiger partial charge in [0.25, 0.3) is 5.91 Å². The third-order valence-electron chi connectivity index (χ3n) is 3.84. The van der Waals surface area contributed by atoms with Gasteiger partial charge in [0, 0.05) is 18.9 Å². The van der Waals surface area contributed by atoms with E-state index in [2.05, 4.69) is 0 Å². The highest BCUT2D eigenvalue weighted by Crippen LogP contribution is 2.32. The molecular formula is C20H16NO4S2-. The first-order valence-electron chi connectivity index (χ1n) is 8.25. The van der Waals surface area contributed by atoms with Crippen molar-refractivity contribution in [2.45, 2.75) is 13.0 Å². The molecule has 0 atom stereocenters. The number of carboxylic acids is 1. The van der Waals surface area contributed by atoms with Gasteiger partial charge in [0.1, 0.15) is 16.7 Å². The van der Waals surface area contributed by atoms with Gasteiger partial charge in [0.05, 0.1) is 4.91 Å². The summed E-state index contributed by atoms with van der Waals surface area (Å²) in [6, 6.07) is 17.3. The molecule has 0 spiro atoms. The lowest BCUT2D eigenvalue weighted by molar-refractivity contribution is -0.305. The fraction of sp³-hybridized carbons (Fsp3) is 0.150. The van der Waals surface area contributed by atoms with E-state index in [1.54, 1.807) is 6.08 Å². The standard InChI is InChI=1S/C20H17NO4S2/c22-18(23)10-11-21-19(24)17(27-20(21)26)12-14-6-8-16(9-7-14)25-13-15-4-2-1-3-5-15/h1-9,12H,10-11,13H2,(H,22,23)/p-1/b17-12+. The second-order valence-corrected chi connectivity index (χ2v) is 7.47. The van der Waals surface area contributed by atoms with Crippen LogP contribution in [-0.4, -0.2) is 27.6 Å². The van der Waals surface area contributed by atoms with E-state index in [9.17, 15) is 14.7 Å². The summed E-state index contributed by atoms with van der Waals surface area (Å²) in [6.45, 7) is 0.508. The number of thioether (sulfide) groups is 1. The molecule has 5 nitrogen and oxygen atoms in total. The van der Waals surface area contributed by atoms with E-state index in [0.717, 1.165) is 28.6 Å². The summed E-state index contributed by atoms with van der Waals surface area (Å²) >= 11 is 6.32. The maximum atomic E-state index is 12.4. The number of thiocarbonyl (C=S) groups is 1. The van der Waals surface area contributed by atoms with Crippen molar-refractivity contribution in [3.8, 4) is 5.75 Å². The molecule has 1 aliphatic rings. The van der Waals surface area contributed by atoms with Gasteiger partial charge in [-0.15, -0.1) is 0 Å². The van der Waals surface area contributed by atoms with Crippen LogP contribution in [0.5, 0.6) is 5.75 Å². The highest BCUT2D eigenvalue weighted by Gasteiger charge is 2.31. The van der Waals surface area contributed by atoms with Crippen molar-refractivity contribution in [1.82, 2.24) is 4.90 Å². The van der Waals surface area contributed by atoms with Crippen molar-refractivity contribution in [3.63, 3.8) is 0 Å². The SMILES string of the molecule is O=C([O-])CCN1C(=O)/C(=C\c2ccc(OCc3ccccc3)cc2)SC1=S. The summed E-state index contributed by atoms with van der Waals surface area (Å²) in [4.78, 5) is 24.7. The van der Waals surface area contributed by atoms with Gasteiger partial charge in [0.2, 0.25) is 0 Å². The quantitative estimate of drug-likeness (QED) is 0.528. The molecule has 1 aliphatic heterocycles. The van der Waals surface area contributed by atoms with Crippen LogP contribution in [0.2, 0.25) is 0 Å². The van der Waals surface area contributed by atoms with E-state index in [4.69, 9.17) is 17.0 Å². The van der Waals surface area contributed by atoms with Crippen LogP contribution in [0.25, 0.3) is 6.08 Å². The zero-order valence-electron chi connectivity index (χ0n) is 14.3. The molecule has 27 heavy (non-hydrogen) atoms. The molecule has 7 heteroatoms. The molecule has 0 aromatic heterocycles. The van der Waals surface area contributed by atoms with Gasteiger partial charge in [-0.2, -0.15) is 0 Å². The lowest BCUT2D eigenvalue weighted by Crippen LogP contribution is -2.33. The van der Waals surface area contributed by atoms with Crippen LogP contribution in [0.15, 0.2) is 59.5 Å². The Morgan fingerprint density at radius 1 is 1.15 bits per heavy atom. The molecule has 0 N–H and O–H groups in total. The predicted molar refractivity (Wildman–Crippen MR) is 107 cm³/mol. The Morgan fingerprint density at radius 3 is 2.52 bits per heavy atom. The summed E-state index contributed by atoms with van der Waals surface area (Å²) in [5, 5.41) is 10.6. The normalized spacial score (nSPS) is 15.4. The summed E-state index contributed by atoms with van der Waals surface area (Å²) in [6.07, 6.45) is 1.49. The fourth-order valence-corrected chi connectivity index (χ4v) is 3.76. The molecule has 1 saturated heterocycles. The van der Waals surface area contributed by atoms with Gasteiger partial charge in [-0.25, -0.2) is 0 Å². The van der Waals surface area contributed by atoms with Crippen molar-refractivity contribution < 1.29 is 19.4 Å². The third-order valence-corrected chi connectivity index (χ3v) is 5.22. The Bertz CT molecular complexity index is 879. The third kappa shape index (κ3) is 5.18. The number of nitrogens with zero attached hydrogens (tertiary/aromatic N) is 1. The van der Waals surface area contributed by atoms with Gasteiger partial charge in [-0.1, -0.05) is 66.4 Å². The first kappa shape index (κ1) is 19.1. The Labute approximate surface area is 166 Å². The van der Waals surface area contributed by atoms with Crippen molar-refractivity contribution in [1.29, 1.82) is 0 Å². The van der Waals surface area contributed by atoms with E-state index in [1.165, 1.54) is 4.90 Å². The minimum atomic E-state index is -1.21. The molecule has 2 aromatic carbocycles. The molecule has 1 heterocycles. The van der Waals surface area contributed by atoms with Crippen molar-refractivity contribution in [2.24, 2.45) is 0 Å². The van der Waals surface area contributed by atoms with Crippen LogP contribution in [0.4, 0.5) is 0 Å². The Balaban J connectivity index is 1.62. The molecule has 138 valence electrons. The molecular weight excluding hydrogens is 382 g/mol. The molecule has 1 amide bonds. The second kappa shape index (κ2) is 8.83. The van der Waals surface area contributed by atoms with Crippen LogP contribution < -0.4 is 9.84 Å². The number of benzene rings is 2. The number of hydrogen-bond acceptors (Lipinski definition) is 6. The van der Waals surface area contributed by atoms with Gasteiger partial charge >= 0.3 is 0 Å². The monoisotopic (exact) mass is 398 g/mol. The van der Waals surface area contributed by atoms with Crippen molar-refractivity contribution >= 4 is 46.3 Å². The zero-order chi connectivity index (χ0) is 19.2. The van der Waals surface area contributed by atoms with Crippen LogP contribution in [0, 0.1) is 0 Å². The van der Waals surface area contributed by atoms with Gasteiger partial charge in [0.15, 0.2) is 0 Å². The van der Waals surface area contributed by atoms with Crippen LogP contribution in [0.1, 0.15) is 17.5 Å². The molecule has 3 rings (SSSR count). The molecule has 2 aromatic rings. The topological polar surface area (TPSA) is 69.7 Å². The number of ether oxygens (including phenoxy) is 1. The highest BCUT2D eigenvalue weighted by atomic mass is 32.2. The summed E-state index contributed by atoms with van der Waals surface area (Å²) in [7, 11) is 0. The summed E-state index contributed by atoms with van der Waals surface area (Å²) in [5.74, 6) is -0.757. The minimum absolute atomic E-state index is 0.0244. The highest BCUT2D eigenvalue weighted by molar-refractivity contribution is 8.26. The van der Waals surface area contributed by atoms with Crippen molar-refractivity contribution in [3.05, 3.63) is 70.6 Å². The lowest BCUT2D eigenvalue weighted by Gasteiger charge is -2.14. The number of carbonyl (C=O) groups excluding carboxylic acids is 2. The van der Waals surface area contributed by atoms with E-state index < -0.39 is 5.97 Å². The lowest BCUT2D eigenvalue weighted by atomic mass is 10.2. The molecule has 0 unspecified atom stereocenters. The van der Waals surface area contributed by atoms with E-state index in [0.29, 0.717) is 15.8 Å². The van der Waals surface area contributed by atoms with E-state index in [1.807, 2.05) is 54.6 Å². The molecule has 0 bridgehead atoms. The number of hydrogen-bond donors (Lipinski definition) is 0. The van der Waals surface area contributed by atoms with Crippen LogP contribution >= 0.6 is 24.0 Å².